The third kappa shape index (κ3) is 2.48. The van der Waals surface area contributed by atoms with E-state index in [1.54, 1.807) is 0 Å². The second-order valence-electron chi connectivity index (χ2n) is 4.86. The van der Waals surface area contributed by atoms with E-state index < -0.39 is 0 Å². The molecule has 0 radical (unpaired) electrons. The fourth-order valence-electron chi connectivity index (χ4n) is 2.85. The van der Waals surface area contributed by atoms with Crippen LogP contribution in [0, 0.1) is 0 Å². The summed E-state index contributed by atoms with van der Waals surface area (Å²) >= 11 is 0. The van der Waals surface area contributed by atoms with Gasteiger partial charge in [-0.2, -0.15) is 0 Å². The normalized spacial score (nSPS) is 27.2. The molecule has 16 heavy (non-hydrogen) atoms. The first-order valence-electron chi connectivity index (χ1n) is 6.48. The molecule has 0 aromatic carbocycles. The highest BCUT2D eigenvalue weighted by atomic mass is 16.6. The van der Waals surface area contributed by atoms with Gasteiger partial charge in [-0.05, 0) is 32.2 Å². The summed E-state index contributed by atoms with van der Waals surface area (Å²) in [5.41, 5.74) is 5.52. The number of carbonyl (C=O) groups is 1. The summed E-state index contributed by atoms with van der Waals surface area (Å²) < 4.78 is 5.17. The van der Waals surface area contributed by atoms with Crippen molar-refractivity contribution in [2.75, 3.05) is 13.2 Å². The molecular formula is C12H22N2O2. The maximum absolute atomic E-state index is 11.7. The van der Waals surface area contributed by atoms with Crippen molar-refractivity contribution in [1.29, 1.82) is 0 Å². The third-order valence-electron chi connectivity index (χ3n) is 3.71. The van der Waals surface area contributed by atoms with E-state index in [1.807, 2.05) is 4.90 Å². The number of amides is 1. The molecule has 0 aromatic heterocycles. The number of rotatable bonds is 4. The number of cyclic esters (lactones) is 1. The van der Waals surface area contributed by atoms with Crippen LogP contribution in [0.25, 0.3) is 0 Å². The van der Waals surface area contributed by atoms with Crippen molar-refractivity contribution < 1.29 is 9.53 Å². The molecule has 0 aromatic rings. The molecule has 1 unspecified atom stereocenters. The van der Waals surface area contributed by atoms with Crippen LogP contribution in [-0.4, -0.2) is 36.2 Å². The van der Waals surface area contributed by atoms with Crippen LogP contribution in [0.2, 0.25) is 0 Å². The van der Waals surface area contributed by atoms with E-state index >= 15 is 0 Å². The van der Waals surface area contributed by atoms with Crippen molar-refractivity contribution in [3.8, 4) is 0 Å². The summed E-state index contributed by atoms with van der Waals surface area (Å²) in [5.74, 6) is 0. The first-order chi connectivity index (χ1) is 7.83. The predicted octanol–water partition coefficient (Wildman–Crippen LogP) is 1.88. The Balaban J connectivity index is 1.94. The van der Waals surface area contributed by atoms with Gasteiger partial charge in [0.05, 0.1) is 6.04 Å². The van der Waals surface area contributed by atoms with Crippen LogP contribution in [-0.2, 0) is 4.74 Å². The second-order valence-corrected chi connectivity index (χ2v) is 4.86. The first kappa shape index (κ1) is 11.7. The number of nitrogens with zero attached hydrogens (tertiary/aromatic N) is 1. The highest BCUT2D eigenvalue weighted by Gasteiger charge is 2.37. The minimum absolute atomic E-state index is 0.103. The summed E-state index contributed by atoms with van der Waals surface area (Å²) in [5, 5.41) is 0. The topological polar surface area (TPSA) is 55.6 Å². The number of hydrogen-bond donors (Lipinski definition) is 1. The summed E-state index contributed by atoms with van der Waals surface area (Å²) in [4.78, 5) is 13.7. The van der Waals surface area contributed by atoms with Crippen LogP contribution in [0.1, 0.15) is 44.9 Å². The van der Waals surface area contributed by atoms with Crippen LogP contribution in [0.15, 0.2) is 0 Å². The van der Waals surface area contributed by atoms with Gasteiger partial charge in [0.2, 0.25) is 0 Å². The zero-order valence-corrected chi connectivity index (χ0v) is 9.86. The molecule has 1 aliphatic carbocycles. The molecule has 2 rings (SSSR count). The summed E-state index contributed by atoms with van der Waals surface area (Å²) in [7, 11) is 0. The first-order valence-corrected chi connectivity index (χ1v) is 6.48. The van der Waals surface area contributed by atoms with Crippen molar-refractivity contribution in [2.45, 2.75) is 57.0 Å². The Bertz CT molecular complexity index is 239. The Labute approximate surface area is 97.1 Å². The van der Waals surface area contributed by atoms with Gasteiger partial charge in [0.15, 0.2) is 0 Å². The summed E-state index contributed by atoms with van der Waals surface area (Å²) in [6.07, 6.45) is 7.96. The Hall–Kier alpha value is -0.770. The molecule has 1 saturated carbocycles. The van der Waals surface area contributed by atoms with Gasteiger partial charge in [0.25, 0.3) is 0 Å². The van der Waals surface area contributed by atoms with Gasteiger partial charge in [-0.1, -0.05) is 19.3 Å². The maximum atomic E-state index is 11.7. The van der Waals surface area contributed by atoms with E-state index in [9.17, 15) is 4.79 Å². The Morgan fingerprint density at radius 2 is 2.06 bits per heavy atom. The van der Waals surface area contributed by atoms with Crippen LogP contribution < -0.4 is 5.73 Å². The fourth-order valence-corrected chi connectivity index (χ4v) is 2.85. The molecule has 1 heterocycles. The largest absolute Gasteiger partial charge is 0.447 e. The molecular weight excluding hydrogens is 204 g/mol. The molecule has 1 aliphatic heterocycles. The van der Waals surface area contributed by atoms with Gasteiger partial charge < -0.3 is 10.5 Å². The van der Waals surface area contributed by atoms with E-state index in [0.29, 0.717) is 19.2 Å². The summed E-state index contributed by atoms with van der Waals surface area (Å²) in [6, 6.07) is 0.700. The zero-order chi connectivity index (χ0) is 11.4. The molecule has 1 saturated heterocycles. The van der Waals surface area contributed by atoms with Crippen LogP contribution in [0.3, 0.4) is 0 Å². The Kier molecular flexibility index (Phi) is 4.04. The lowest BCUT2D eigenvalue weighted by atomic mass is 9.93. The van der Waals surface area contributed by atoms with Gasteiger partial charge in [-0.3, -0.25) is 4.90 Å². The second kappa shape index (κ2) is 5.53. The minimum atomic E-state index is -0.103. The monoisotopic (exact) mass is 226 g/mol. The standard InChI is InChI=1S/C12H22N2O2/c13-8-4-7-11-9-16-12(15)14(11)10-5-2-1-3-6-10/h10-11H,1-9,13H2. The van der Waals surface area contributed by atoms with Gasteiger partial charge in [0, 0.05) is 6.04 Å². The number of carbonyl (C=O) groups excluding carboxylic acids is 1. The molecule has 2 aliphatic rings. The molecule has 92 valence electrons. The highest BCUT2D eigenvalue weighted by Crippen LogP contribution is 2.28. The number of nitrogens with two attached hydrogens (primary N) is 1. The van der Waals surface area contributed by atoms with Crippen molar-refractivity contribution in [1.82, 2.24) is 4.90 Å². The average Bonchev–Trinajstić information content (AvgIpc) is 2.69. The van der Waals surface area contributed by atoms with Crippen molar-refractivity contribution in [2.24, 2.45) is 5.73 Å². The quantitative estimate of drug-likeness (QED) is 0.796. The highest BCUT2D eigenvalue weighted by molar-refractivity contribution is 5.70. The van der Waals surface area contributed by atoms with Crippen molar-refractivity contribution >= 4 is 6.09 Å². The number of hydrogen-bond acceptors (Lipinski definition) is 3. The van der Waals surface area contributed by atoms with E-state index in [4.69, 9.17) is 10.5 Å². The van der Waals surface area contributed by atoms with E-state index in [2.05, 4.69) is 0 Å². The van der Waals surface area contributed by atoms with E-state index in [-0.39, 0.29) is 12.1 Å². The average molecular weight is 226 g/mol. The smallest absolute Gasteiger partial charge is 0.410 e. The van der Waals surface area contributed by atoms with Gasteiger partial charge in [0.1, 0.15) is 6.61 Å². The van der Waals surface area contributed by atoms with Crippen molar-refractivity contribution in [3.05, 3.63) is 0 Å². The molecule has 1 atom stereocenters. The lowest BCUT2D eigenvalue weighted by Crippen LogP contribution is -2.43. The number of ether oxygens (including phenoxy) is 1. The Morgan fingerprint density at radius 3 is 2.75 bits per heavy atom. The molecule has 1 amide bonds. The lowest BCUT2D eigenvalue weighted by Gasteiger charge is -2.33. The molecule has 0 bridgehead atoms. The maximum Gasteiger partial charge on any atom is 0.410 e. The summed E-state index contributed by atoms with van der Waals surface area (Å²) in [6.45, 7) is 1.26. The fraction of sp³-hybridized carbons (Fsp3) is 0.917. The lowest BCUT2D eigenvalue weighted by molar-refractivity contribution is 0.130. The van der Waals surface area contributed by atoms with Gasteiger partial charge >= 0.3 is 6.09 Å². The SMILES string of the molecule is NCCCC1COC(=O)N1C1CCCCC1. The van der Waals surface area contributed by atoms with Crippen LogP contribution >= 0.6 is 0 Å². The molecule has 2 N–H and O–H groups in total. The van der Waals surface area contributed by atoms with Crippen LogP contribution in [0.5, 0.6) is 0 Å². The van der Waals surface area contributed by atoms with Gasteiger partial charge in [-0.15, -0.1) is 0 Å². The van der Waals surface area contributed by atoms with E-state index in [1.165, 1.54) is 19.3 Å². The van der Waals surface area contributed by atoms with Gasteiger partial charge in [-0.25, -0.2) is 4.79 Å². The molecule has 4 heteroatoms. The molecule has 0 spiro atoms. The zero-order valence-electron chi connectivity index (χ0n) is 9.86. The molecule has 2 fully saturated rings. The Morgan fingerprint density at radius 1 is 1.31 bits per heavy atom. The third-order valence-corrected chi connectivity index (χ3v) is 3.71. The predicted molar refractivity (Wildman–Crippen MR) is 62.1 cm³/mol. The van der Waals surface area contributed by atoms with Crippen LogP contribution in [0.4, 0.5) is 4.79 Å². The molecule has 4 nitrogen and oxygen atoms in total. The minimum Gasteiger partial charge on any atom is -0.447 e. The van der Waals surface area contributed by atoms with E-state index in [0.717, 1.165) is 25.7 Å². The van der Waals surface area contributed by atoms with Crippen molar-refractivity contribution in [3.63, 3.8) is 0 Å².